The molecular formula is C22H51NOS. The Labute approximate surface area is 165 Å². The molecule has 0 aromatic carbocycles. The van der Waals surface area contributed by atoms with E-state index in [0.717, 1.165) is 38.1 Å². The molecule has 156 valence electrons. The molecule has 0 aromatic heterocycles. The SMILES string of the molecule is CC.CC.CCCC(C)C(C)CCC.CSCCCN1CCOCC1. The zero-order valence-corrected chi connectivity index (χ0v) is 20.0. The summed E-state index contributed by atoms with van der Waals surface area (Å²) in [6, 6.07) is 0. The number of nitrogens with zero attached hydrogens (tertiary/aromatic N) is 1. The molecule has 1 heterocycles. The van der Waals surface area contributed by atoms with E-state index in [0.29, 0.717) is 0 Å². The fraction of sp³-hybridized carbons (Fsp3) is 1.00. The van der Waals surface area contributed by atoms with Gasteiger partial charge in [-0.3, -0.25) is 4.90 Å². The molecule has 0 spiro atoms. The average Bonchev–Trinajstić information content (AvgIpc) is 2.67. The van der Waals surface area contributed by atoms with Crippen LogP contribution in [0.5, 0.6) is 0 Å². The lowest BCUT2D eigenvalue weighted by atomic mass is 9.89. The van der Waals surface area contributed by atoms with Crippen LogP contribution in [0.1, 0.15) is 87.5 Å². The van der Waals surface area contributed by atoms with Gasteiger partial charge in [0.2, 0.25) is 0 Å². The van der Waals surface area contributed by atoms with Crippen molar-refractivity contribution >= 4 is 11.8 Å². The maximum atomic E-state index is 5.26. The molecule has 0 bridgehead atoms. The Bertz CT molecular complexity index is 198. The Hall–Kier alpha value is 0.270. The molecule has 25 heavy (non-hydrogen) atoms. The fourth-order valence-electron chi connectivity index (χ4n) is 2.74. The van der Waals surface area contributed by atoms with Crippen LogP contribution in [0.3, 0.4) is 0 Å². The van der Waals surface area contributed by atoms with Crippen molar-refractivity contribution in [3.63, 3.8) is 0 Å². The minimum atomic E-state index is 0.930. The monoisotopic (exact) mass is 377 g/mol. The smallest absolute Gasteiger partial charge is 0.0594 e. The van der Waals surface area contributed by atoms with Crippen LogP contribution < -0.4 is 0 Å². The van der Waals surface area contributed by atoms with Gasteiger partial charge < -0.3 is 4.74 Å². The van der Waals surface area contributed by atoms with Crippen molar-refractivity contribution in [1.82, 2.24) is 4.90 Å². The standard InChI is InChI=1S/C10H22.C8H17NOS.2C2H6/c1-5-7-9(3)10(4)8-6-2;1-11-8-2-3-9-4-6-10-7-5-9;2*1-2/h9-10H,5-8H2,1-4H3;2-8H2,1H3;2*1-2H3. The van der Waals surface area contributed by atoms with Gasteiger partial charge in [0.1, 0.15) is 0 Å². The summed E-state index contributed by atoms with van der Waals surface area (Å²) < 4.78 is 5.26. The van der Waals surface area contributed by atoms with Gasteiger partial charge in [-0.25, -0.2) is 0 Å². The Morgan fingerprint density at radius 3 is 1.68 bits per heavy atom. The first-order chi connectivity index (χ1) is 12.2. The fourth-order valence-corrected chi connectivity index (χ4v) is 3.15. The first kappa shape index (κ1) is 30.0. The highest BCUT2D eigenvalue weighted by Gasteiger charge is 2.09. The lowest BCUT2D eigenvalue weighted by Gasteiger charge is -2.26. The van der Waals surface area contributed by atoms with Gasteiger partial charge in [-0.15, -0.1) is 0 Å². The van der Waals surface area contributed by atoms with E-state index in [2.05, 4.69) is 38.9 Å². The van der Waals surface area contributed by atoms with Gasteiger partial charge in [0, 0.05) is 13.1 Å². The van der Waals surface area contributed by atoms with Crippen LogP contribution in [0, 0.1) is 11.8 Å². The Morgan fingerprint density at radius 1 is 0.880 bits per heavy atom. The zero-order valence-electron chi connectivity index (χ0n) is 19.2. The number of ether oxygens (including phenoxy) is 1. The second-order valence-corrected chi connectivity index (χ2v) is 7.32. The molecule has 0 aliphatic carbocycles. The maximum absolute atomic E-state index is 5.26. The average molecular weight is 378 g/mol. The van der Waals surface area contributed by atoms with Crippen molar-refractivity contribution in [2.45, 2.75) is 87.5 Å². The Kier molecular flexibility index (Phi) is 31.8. The van der Waals surface area contributed by atoms with Crippen molar-refractivity contribution in [2.24, 2.45) is 11.8 Å². The number of hydrogen-bond acceptors (Lipinski definition) is 3. The normalized spacial score (nSPS) is 16.2. The molecule has 0 radical (unpaired) electrons. The van der Waals surface area contributed by atoms with Gasteiger partial charge in [-0.2, -0.15) is 11.8 Å². The third-order valence-electron chi connectivity index (χ3n) is 4.39. The molecule has 3 heteroatoms. The van der Waals surface area contributed by atoms with Gasteiger partial charge in [0.15, 0.2) is 0 Å². The largest absolute Gasteiger partial charge is 0.379 e. The lowest BCUT2D eigenvalue weighted by molar-refractivity contribution is 0.0381. The first-order valence-electron chi connectivity index (χ1n) is 10.9. The van der Waals surface area contributed by atoms with Crippen LogP contribution in [-0.2, 0) is 4.74 Å². The van der Waals surface area contributed by atoms with Gasteiger partial charge in [-0.05, 0) is 36.8 Å². The molecule has 1 saturated heterocycles. The molecule has 2 unspecified atom stereocenters. The lowest BCUT2D eigenvalue weighted by Crippen LogP contribution is -2.36. The quantitative estimate of drug-likeness (QED) is 0.402. The number of hydrogen-bond donors (Lipinski definition) is 0. The first-order valence-corrected chi connectivity index (χ1v) is 12.3. The van der Waals surface area contributed by atoms with E-state index in [-0.39, 0.29) is 0 Å². The van der Waals surface area contributed by atoms with E-state index in [1.54, 1.807) is 0 Å². The van der Waals surface area contributed by atoms with Gasteiger partial charge in [-0.1, -0.05) is 81.1 Å². The summed E-state index contributed by atoms with van der Waals surface area (Å²) in [6.07, 6.45) is 8.98. The van der Waals surface area contributed by atoms with Crippen LogP contribution in [0.25, 0.3) is 0 Å². The zero-order chi connectivity index (χ0) is 19.9. The summed E-state index contributed by atoms with van der Waals surface area (Å²) in [5.41, 5.74) is 0. The highest BCUT2D eigenvalue weighted by Crippen LogP contribution is 2.20. The molecule has 1 aliphatic rings. The van der Waals surface area contributed by atoms with Gasteiger partial charge in [0.05, 0.1) is 13.2 Å². The van der Waals surface area contributed by atoms with Gasteiger partial charge >= 0.3 is 0 Å². The van der Waals surface area contributed by atoms with Crippen LogP contribution in [-0.4, -0.2) is 49.8 Å². The second kappa shape index (κ2) is 26.5. The molecule has 2 atom stereocenters. The number of rotatable bonds is 9. The minimum Gasteiger partial charge on any atom is -0.379 e. The second-order valence-electron chi connectivity index (χ2n) is 6.33. The van der Waals surface area contributed by atoms with Crippen LogP contribution in [0.4, 0.5) is 0 Å². The Morgan fingerprint density at radius 2 is 1.32 bits per heavy atom. The van der Waals surface area contributed by atoms with E-state index in [1.165, 1.54) is 44.4 Å². The molecular weight excluding hydrogens is 326 g/mol. The topological polar surface area (TPSA) is 12.5 Å². The van der Waals surface area contributed by atoms with Crippen molar-refractivity contribution in [2.75, 3.05) is 44.9 Å². The molecule has 0 amide bonds. The summed E-state index contributed by atoms with van der Waals surface area (Å²) in [5, 5.41) is 0. The molecule has 1 fully saturated rings. The molecule has 0 aromatic rings. The molecule has 1 rings (SSSR count). The molecule has 0 saturated carbocycles. The number of thioether (sulfide) groups is 1. The summed E-state index contributed by atoms with van der Waals surface area (Å²) in [4.78, 5) is 2.49. The summed E-state index contributed by atoms with van der Waals surface area (Å²) in [7, 11) is 0. The van der Waals surface area contributed by atoms with Gasteiger partial charge in [0.25, 0.3) is 0 Å². The van der Waals surface area contributed by atoms with Crippen molar-refractivity contribution in [3.8, 4) is 0 Å². The van der Waals surface area contributed by atoms with Crippen LogP contribution >= 0.6 is 11.8 Å². The van der Waals surface area contributed by atoms with E-state index < -0.39 is 0 Å². The molecule has 0 N–H and O–H groups in total. The van der Waals surface area contributed by atoms with Crippen molar-refractivity contribution in [1.29, 1.82) is 0 Å². The number of morpholine rings is 1. The van der Waals surface area contributed by atoms with E-state index in [1.807, 2.05) is 39.5 Å². The Balaban J connectivity index is -0.000000324. The predicted molar refractivity (Wildman–Crippen MR) is 121 cm³/mol. The minimum absolute atomic E-state index is 0.930. The van der Waals surface area contributed by atoms with E-state index >= 15 is 0 Å². The predicted octanol–water partition coefficient (Wildman–Crippen LogP) is 6.98. The van der Waals surface area contributed by atoms with E-state index in [9.17, 15) is 0 Å². The summed E-state index contributed by atoms with van der Waals surface area (Å²) in [5.74, 6) is 3.16. The summed E-state index contributed by atoms with van der Waals surface area (Å²) >= 11 is 1.93. The maximum Gasteiger partial charge on any atom is 0.0594 e. The van der Waals surface area contributed by atoms with Crippen LogP contribution in [0.15, 0.2) is 0 Å². The summed E-state index contributed by atoms with van der Waals surface area (Å²) in [6.45, 7) is 22.7. The highest BCUT2D eigenvalue weighted by atomic mass is 32.2. The third-order valence-corrected chi connectivity index (χ3v) is 5.08. The van der Waals surface area contributed by atoms with Crippen molar-refractivity contribution < 1.29 is 4.74 Å². The van der Waals surface area contributed by atoms with E-state index in [4.69, 9.17) is 4.74 Å². The molecule has 1 aliphatic heterocycles. The van der Waals surface area contributed by atoms with Crippen molar-refractivity contribution in [3.05, 3.63) is 0 Å². The molecule has 2 nitrogen and oxygen atoms in total. The third kappa shape index (κ3) is 22.2. The van der Waals surface area contributed by atoms with Crippen LogP contribution in [0.2, 0.25) is 0 Å². The highest BCUT2D eigenvalue weighted by molar-refractivity contribution is 7.98.